The van der Waals surface area contributed by atoms with Gasteiger partial charge in [0.1, 0.15) is 5.82 Å². The average Bonchev–Trinajstić information content (AvgIpc) is 2.35. The molecule has 0 aromatic heterocycles. The van der Waals surface area contributed by atoms with Crippen molar-refractivity contribution in [2.24, 2.45) is 5.73 Å². The molecule has 0 heterocycles. The lowest BCUT2D eigenvalue weighted by Crippen LogP contribution is -2.27. The van der Waals surface area contributed by atoms with E-state index in [0.29, 0.717) is 12.2 Å². The molecule has 2 N–H and O–H groups in total. The maximum Gasteiger partial charge on any atom is 0.146 e. The quantitative estimate of drug-likeness (QED) is 0.807. The van der Waals surface area contributed by atoms with Crippen LogP contribution < -0.4 is 10.6 Å². The lowest BCUT2D eigenvalue weighted by atomic mass is 10.1. The number of anilines is 1. The van der Waals surface area contributed by atoms with Crippen LogP contribution in [0.15, 0.2) is 18.2 Å². The number of hydrogen-bond acceptors (Lipinski definition) is 3. The summed E-state index contributed by atoms with van der Waals surface area (Å²) in [6, 6.07) is 5.26. The smallest absolute Gasteiger partial charge is 0.146 e. The van der Waals surface area contributed by atoms with E-state index in [1.54, 1.807) is 0 Å². The van der Waals surface area contributed by atoms with Crippen LogP contribution in [0.1, 0.15) is 18.9 Å². The third-order valence-electron chi connectivity index (χ3n) is 3.00. The van der Waals surface area contributed by atoms with Gasteiger partial charge >= 0.3 is 0 Å². The van der Waals surface area contributed by atoms with E-state index in [2.05, 4.69) is 9.80 Å². The van der Waals surface area contributed by atoms with E-state index in [1.807, 2.05) is 33.2 Å². The Balaban J connectivity index is 2.69. The van der Waals surface area contributed by atoms with Gasteiger partial charge in [0.15, 0.2) is 0 Å². The van der Waals surface area contributed by atoms with Crippen LogP contribution in [0.5, 0.6) is 0 Å². The molecule has 0 spiro atoms. The molecule has 0 saturated carbocycles. The van der Waals surface area contributed by atoms with Crippen LogP contribution in [0, 0.1) is 5.82 Å². The van der Waals surface area contributed by atoms with E-state index in [0.717, 1.165) is 31.6 Å². The van der Waals surface area contributed by atoms with Gasteiger partial charge in [-0.25, -0.2) is 4.39 Å². The molecule has 102 valence electrons. The maximum atomic E-state index is 14.0. The van der Waals surface area contributed by atoms with Gasteiger partial charge in [0, 0.05) is 19.6 Å². The van der Waals surface area contributed by atoms with E-state index in [4.69, 9.17) is 5.73 Å². The highest BCUT2D eigenvalue weighted by Crippen LogP contribution is 2.20. The predicted octanol–water partition coefficient (Wildman–Crippen LogP) is 2.06. The Morgan fingerprint density at radius 2 is 1.94 bits per heavy atom. The standard InChI is InChI=1S/C14H24FN3/c1-4-18(9-5-8-17(2)3)14-7-6-12(11-16)10-13(14)15/h6-7,10H,4-5,8-9,11,16H2,1-3H3. The summed E-state index contributed by atoms with van der Waals surface area (Å²) in [6.45, 7) is 5.12. The maximum absolute atomic E-state index is 14.0. The topological polar surface area (TPSA) is 32.5 Å². The molecule has 0 amide bonds. The highest BCUT2D eigenvalue weighted by molar-refractivity contribution is 5.49. The summed E-state index contributed by atoms with van der Waals surface area (Å²) in [5.41, 5.74) is 7.01. The first-order chi connectivity index (χ1) is 8.58. The first-order valence-electron chi connectivity index (χ1n) is 6.46. The number of halogens is 1. The molecule has 1 rings (SSSR count). The zero-order chi connectivity index (χ0) is 13.5. The third kappa shape index (κ3) is 4.27. The van der Waals surface area contributed by atoms with Gasteiger partial charge in [-0.15, -0.1) is 0 Å². The van der Waals surface area contributed by atoms with Gasteiger partial charge in [-0.05, 0) is 51.7 Å². The molecule has 0 atom stereocenters. The minimum atomic E-state index is -0.176. The fourth-order valence-electron chi connectivity index (χ4n) is 1.96. The highest BCUT2D eigenvalue weighted by atomic mass is 19.1. The molecule has 0 fully saturated rings. The second-order valence-electron chi connectivity index (χ2n) is 4.73. The normalized spacial score (nSPS) is 11.0. The zero-order valence-electron chi connectivity index (χ0n) is 11.6. The van der Waals surface area contributed by atoms with Crippen LogP contribution in [0.2, 0.25) is 0 Å². The van der Waals surface area contributed by atoms with Crippen molar-refractivity contribution in [2.75, 3.05) is 38.6 Å². The van der Waals surface area contributed by atoms with Crippen LogP contribution in [0.3, 0.4) is 0 Å². The molecule has 0 aliphatic heterocycles. The lowest BCUT2D eigenvalue weighted by Gasteiger charge is -2.24. The largest absolute Gasteiger partial charge is 0.369 e. The molecule has 0 bridgehead atoms. The first-order valence-corrected chi connectivity index (χ1v) is 6.46. The predicted molar refractivity (Wildman–Crippen MR) is 75.3 cm³/mol. The average molecular weight is 253 g/mol. The molecule has 0 radical (unpaired) electrons. The van der Waals surface area contributed by atoms with Gasteiger partial charge in [-0.2, -0.15) is 0 Å². The van der Waals surface area contributed by atoms with Crippen LogP contribution in [0.4, 0.5) is 10.1 Å². The van der Waals surface area contributed by atoms with E-state index in [1.165, 1.54) is 6.07 Å². The Hall–Kier alpha value is -1.13. The second-order valence-corrected chi connectivity index (χ2v) is 4.73. The SMILES string of the molecule is CCN(CCCN(C)C)c1ccc(CN)cc1F. The first kappa shape index (κ1) is 14.9. The highest BCUT2D eigenvalue weighted by Gasteiger charge is 2.10. The molecule has 0 saturated heterocycles. The van der Waals surface area contributed by atoms with Crippen LogP contribution in [-0.4, -0.2) is 38.6 Å². The van der Waals surface area contributed by atoms with E-state index >= 15 is 0 Å². The minimum absolute atomic E-state index is 0.176. The van der Waals surface area contributed by atoms with Gasteiger partial charge < -0.3 is 15.5 Å². The molecular weight excluding hydrogens is 229 g/mol. The Morgan fingerprint density at radius 3 is 2.44 bits per heavy atom. The summed E-state index contributed by atoms with van der Waals surface area (Å²) in [5.74, 6) is -0.176. The molecule has 3 nitrogen and oxygen atoms in total. The third-order valence-corrected chi connectivity index (χ3v) is 3.00. The Bertz CT molecular complexity index is 366. The van der Waals surface area contributed by atoms with E-state index in [9.17, 15) is 4.39 Å². The molecule has 4 heteroatoms. The van der Waals surface area contributed by atoms with Crippen molar-refractivity contribution in [1.29, 1.82) is 0 Å². The van der Waals surface area contributed by atoms with Gasteiger partial charge in [0.05, 0.1) is 5.69 Å². The van der Waals surface area contributed by atoms with Gasteiger partial charge in [0.2, 0.25) is 0 Å². The summed E-state index contributed by atoms with van der Waals surface area (Å²) < 4.78 is 14.0. The van der Waals surface area contributed by atoms with Crippen molar-refractivity contribution in [3.05, 3.63) is 29.6 Å². The van der Waals surface area contributed by atoms with Gasteiger partial charge in [-0.3, -0.25) is 0 Å². The number of rotatable bonds is 7. The molecule has 18 heavy (non-hydrogen) atoms. The Kier molecular flexibility index (Phi) is 6.09. The zero-order valence-corrected chi connectivity index (χ0v) is 11.6. The molecule has 0 aliphatic carbocycles. The fourth-order valence-corrected chi connectivity index (χ4v) is 1.96. The Morgan fingerprint density at radius 1 is 1.22 bits per heavy atom. The molecule has 1 aromatic carbocycles. The summed E-state index contributed by atoms with van der Waals surface area (Å²) >= 11 is 0. The van der Waals surface area contributed by atoms with E-state index in [-0.39, 0.29) is 5.82 Å². The second kappa shape index (κ2) is 7.34. The van der Waals surface area contributed by atoms with Crippen molar-refractivity contribution in [3.8, 4) is 0 Å². The monoisotopic (exact) mass is 253 g/mol. The van der Waals surface area contributed by atoms with Crippen LogP contribution >= 0.6 is 0 Å². The van der Waals surface area contributed by atoms with Crippen molar-refractivity contribution >= 4 is 5.69 Å². The van der Waals surface area contributed by atoms with Crippen molar-refractivity contribution < 1.29 is 4.39 Å². The van der Waals surface area contributed by atoms with Gasteiger partial charge in [-0.1, -0.05) is 6.07 Å². The number of hydrogen-bond donors (Lipinski definition) is 1. The van der Waals surface area contributed by atoms with Crippen molar-refractivity contribution in [2.45, 2.75) is 19.9 Å². The molecule has 1 aromatic rings. The molecule has 0 aliphatic rings. The number of nitrogens with two attached hydrogens (primary N) is 1. The van der Waals surface area contributed by atoms with Crippen LogP contribution in [-0.2, 0) is 6.54 Å². The fraction of sp³-hybridized carbons (Fsp3) is 0.571. The summed E-state index contributed by atoms with van der Waals surface area (Å²) in [5, 5.41) is 0. The lowest BCUT2D eigenvalue weighted by molar-refractivity contribution is 0.400. The number of benzene rings is 1. The van der Waals surface area contributed by atoms with Crippen molar-refractivity contribution in [3.63, 3.8) is 0 Å². The van der Waals surface area contributed by atoms with E-state index < -0.39 is 0 Å². The summed E-state index contributed by atoms with van der Waals surface area (Å²) in [4.78, 5) is 4.21. The van der Waals surface area contributed by atoms with Crippen molar-refractivity contribution in [1.82, 2.24) is 4.90 Å². The Labute approximate surface area is 109 Å². The molecular formula is C14H24FN3. The minimum Gasteiger partial charge on any atom is -0.369 e. The van der Waals surface area contributed by atoms with Gasteiger partial charge in [0.25, 0.3) is 0 Å². The summed E-state index contributed by atoms with van der Waals surface area (Å²) in [6.07, 6.45) is 1.03. The van der Waals surface area contributed by atoms with Crippen LogP contribution in [0.25, 0.3) is 0 Å². The number of nitrogens with zero attached hydrogens (tertiary/aromatic N) is 2. The molecule has 0 unspecified atom stereocenters. The summed E-state index contributed by atoms with van der Waals surface area (Å²) in [7, 11) is 4.10.